The first kappa shape index (κ1) is 17.8. The summed E-state index contributed by atoms with van der Waals surface area (Å²) in [5.41, 5.74) is 7.05. The van der Waals surface area contributed by atoms with E-state index >= 15 is 0 Å². The number of benzene rings is 2. The summed E-state index contributed by atoms with van der Waals surface area (Å²) in [5, 5.41) is 10.1. The zero-order chi connectivity index (χ0) is 17.8. The fourth-order valence-corrected chi connectivity index (χ4v) is 3.48. The average Bonchev–Trinajstić information content (AvgIpc) is 2.96. The normalized spacial score (nSPS) is 10.8. The fraction of sp³-hybridized carbons (Fsp3) is 0.118. The van der Waals surface area contributed by atoms with Gasteiger partial charge in [0.1, 0.15) is 0 Å². The molecule has 0 aliphatic carbocycles. The van der Waals surface area contributed by atoms with E-state index in [1.165, 1.54) is 11.8 Å². The van der Waals surface area contributed by atoms with Crippen LogP contribution < -0.4 is 5.73 Å². The first-order valence-electron chi connectivity index (χ1n) is 7.38. The van der Waals surface area contributed by atoms with Gasteiger partial charge in [-0.15, -0.1) is 10.2 Å². The van der Waals surface area contributed by atoms with E-state index in [-0.39, 0.29) is 5.75 Å². The van der Waals surface area contributed by atoms with Crippen LogP contribution in [0, 0.1) is 0 Å². The number of aromatic nitrogens is 3. The summed E-state index contributed by atoms with van der Waals surface area (Å²) in [6.45, 7) is 0.545. The van der Waals surface area contributed by atoms with Gasteiger partial charge in [-0.25, -0.2) is 0 Å². The SMILES string of the molecule is NC(=O)CSc1nnc(-c2ccc(Cl)cc2Cl)n1Cc1ccccc1. The molecular formula is C17H14Cl2N4OS. The van der Waals surface area contributed by atoms with Crippen molar-refractivity contribution >= 4 is 40.9 Å². The second-order valence-corrected chi connectivity index (χ2v) is 7.04. The molecular weight excluding hydrogens is 379 g/mol. The van der Waals surface area contributed by atoms with Crippen molar-refractivity contribution in [1.29, 1.82) is 0 Å². The third kappa shape index (κ3) is 4.34. The van der Waals surface area contributed by atoms with Crippen molar-refractivity contribution < 1.29 is 4.79 Å². The Morgan fingerprint density at radius 2 is 1.88 bits per heavy atom. The number of primary amides is 1. The number of hydrogen-bond acceptors (Lipinski definition) is 4. The molecule has 0 fully saturated rings. The van der Waals surface area contributed by atoms with Gasteiger partial charge in [-0.05, 0) is 23.8 Å². The van der Waals surface area contributed by atoms with E-state index in [1.807, 2.05) is 34.9 Å². The molecule has 0 unspecified atom stereocenters. The zero-order valence-corrected chi connectivity index (χ0v) is 15.4. The second kappa shape index (κ2) is 7.91. The predicted octanol–water partition coefficient (Wildman–Crippen LogP) is 3.88. The molecule has 0 bridgehead atoms. The van der Waals surface area contributed by atoms with Gasteiger partial charge in [-0.1, -0.05) is 65.3 Å². The molecule has 0 radical (unpaired) electrons. The lowest BCUT2D eigenvalue weighted by Crippen LogP contribution is -2.14. The number of thioether (sulfide) groups is 1. The molecule has 2 N–H and O–H groups in total. The van der Waals surface area contributed by atoms with Gasteiger partial charge >= 0.3 is 0 Å². The average molecular weight is 393 g/mol. The maximum atomic E-state index is 11.1. The van der Waals surface area contributed by atoms with Crippen LogP contribution in [-0.4, -0.2) is 26.4 Å². The van der Waals surface area contributed by atoms with Gasteiger partial charge in [-0.3, -0.25) is 9.36 Å². The third-order valence-corrected chi connectivity index (χ3v) is 4.95. The number of halogens is 2. The van der Waals surface area contributed by atoms with Gasteiger partial charge in [-0.2, -0.15) is 0 Å². The van der Waals surface area contributed by atoms with Gasteiger partial charge in [0.05, 0.1) is 17.3 Å². The molecule has 0 aliphatic heterocycles. The Bertz CT molecular complexity index is 899. The van der Waals surface area contributed by atoms with Gasteiger partial charge in [0, 0.05) is 10.6 Å². The van der Waals surface area contributed by atoms with E-state index in [1.54, 1.807) is 18.2 Å². The fourth-order valence-electron chi connectivity index (χ4n) is 2.31. The summed E-state index contributed by atoms with van der Waals surface area (Å²) < 4.78 is 1.91. The minimum absolute atomic E-state index is 0.126. The molecule has 0 saturated carbocycles. The first-order chi connectivity index (χ1) is 12.0. The van der Waals surface area contributed by atoms with E-state index in [0.717, 1.165) is 11.1 Å². The van der Waals surface area contributed by atoms with E-state index in [2.05, 4.69) is 10.2 Å². The monoisotopic (exact) mass is 392 g/mol. The summed E-state index contributed by atoms with van der Waals surface area (Å²) >= 11 is 13.6. The number of amides is 1. The Kier molecular flexibility index (Phi) is 5.63. The smallest absolute Gasteiger partial charge is 0.227 e. The minimum atomic E-state index is -0.412. The predicted molar refractivity (Wildman–Crippen MR) is 101 cm³/mol. The van der Waals surface area contributed by atoms with Crippen LogP contribution in [0.1, 0.15) is 5.56 Å². The Balaban J connectivity index is 2.03. The highest BCUT2D eigenvalue weighted by atomic mass is 35.5. The highest BCUT2D eigenvalue weighted by Gasteiger charge is 2.17. The number of carbonyl (C=O) groups is 1. The molecule has 1 amide bonds. The van der Waals surface area contributed by atoms with E-state index in [9.17, 15) is 4.79 Å². The van der Waals surface area contributed by atoms with Crippen molar-refractivity contribution in [2.24, 2.45) is 5.73 Å². The topological polar surface area (TPSA) is 73.8 Å². The van der Waals surface area contributed by atoms with Crippen LogP contribution >= 0.6 is 35.0 Å². The van der Waals surface area contributed by atoms with Crippen LogP contribution in [0.2, 0.25) is 10.0 Å². The minimum Gasteiger partial charge on any atom is -0.369 e. The molecule has 0 aliphatic rings. The van der Waals surface area contributed by atoms with Crippen LogP contribution in [0.3, 0.4) is 0 Å². The molecule has 1 aromatic heterocycles. The molecule has 8 heteroatoms. The van der Waals surface area contributed by atoms with E-state index < -0.39 is 5.91 Å². The molecule has 5 nitrogen and oxygen atoms in total. The Labute approximate surface area is 159 Å². The van der Waals surface area contributed by atoms with Crippen molar-refractivity contribution in [3.63, 3.8) is 0 Å². The number of hydrogen-bond donors (Lipinski definition) is 1. The lowest BCUT2D eigenvalue weighted by molar-refractivity contribution is -0.115. The molecule has 1 heterocycles. The molecule has 128 valence electrons. The Morgan fingerprint density at radius 1 is 1.12 bits per heavy atom. The largest absolute Gasteiger partial charge is 0.369 e. The summed E-state index contributed by atoms with van der Waals surface area (Å²) in [5.74, 6) is 0.323. The highest BCUT2D eigenvalue weighted by molar-refractivity contribution is 7.99. The molecule has 3 rings (SSSR count). The molecule has 0 spiro atoms. The highest BCUT2D eigenvalue weighted by Crippen LogP contribution is 2.31. The van der Waals surface area contributed by atoms with E-state index in [4.69, 9.17) is 28.9 Å². The van der Waals surface area contributed by atoms with Gasteiger partial charge in [0.15, 0.2) is 11.0 Å². The summed E-state index contributed by atoms with van der Waals surface area (Å²) in [4.78, 5) is 11.1. The van der Waals surface area contributed by atoms with Crippen molar-refractivity contribution in [3.05, 3.63) is 64.1 Å². The third-order valence-electron chi connectivity index (χ3n) is 3.42. The number of nitrogens with zero attached hydrogens (tertiary/aromatic N) is 3. The summed E-state index contributed by atoms with van der Waals surface area (Å²) in [6, 6.07) is 15.1. The summed E-state index contributed by atoms with van der Waals surface area (Å²) in [6.07, 6.45) is 0. The maximum Gasteiger partial charge on any atom is 0.227 e. The Morgan fingerprint density at radius 3 is 2.56 bits per heavy atom. The van der Waals surface area contributed by atoms with Crippen LogP contribution in [0.25, 0.3) is 11.4 Å². The number of rotatable bonds is 6. The van der Waals surface area contributed by atoms with Crippen molar-refractivity contribution in [2.45, 2.75) is 11.7 Å². The van der Waals surface area contributed by atoms with Crippen LogP contribution in [0.15, 0.2) is 53.7 Å². The Hall–Kier alpha value is -2.02. The van der Waals surface area contributed by atoms with Crippen molar-refractivity contribution in [2.75, 3.05) is 5.75 Å². The van der Waals surface area contributed by atoms with Crippen molar-refractivity contribution in [1.82, 2.24) is 14.8 Å². The lowest BCUT2D eigenvalue weighted by Gasteiger charge is -2.11. The molecule has 2 aromatic carbocycles. The van der Waals surface area contributed by atoms with Gasteiger partial charge in [0.25, 0.3) is 0 Å². The van der Waals surface area contributed by atoms with Gasteiger partial charge in [0.2, 0.25) is 5.91 Å². The molecule has 3 aromatic rings. The van der Waals surface area contributed by atoms with E-state index in [0.29, 0.717) is 27.6 Å². The zero-order valence-electron chi connectivity index (χ0n) is 13.0. The van der Waals surface area contributed by atoms with Crippen molar-refractivity contribution in [3.8, 4) is 11.4 Å². The maximum absolute atomic E-state index is 11.1. The quantitative estimate of drug-likeness (QED) is 0.645. The number of carbonyl (C=O) groups excluding carboxylic acids is 1. The number of nitrogens with two attached hydrogens (primary N) is 1. The van der Waals surface area contributed by atoms with Crippen LogP contribution in [0.5, 0.6) is 0 Å². The molecule has 0 saturated heterocycles. The second-order valence-electron chi connectivity index (χ2n) is 5.26. The van der Waals surface area contributed by atoms with Crippen LogP contribution in [-0.2, 0) is 11.3 Å². The first-order valence-corrected chi connectivity index (χ1v) is 9.12. The summed E-state index contributed by atoms with van der Waals surface area (Å²) in [7, 11) is 0. The molecule has 25 heavy (non-hydrogen) atoms. The lowest BCUT2D eigenvalue weighted by atomic mass is 10.2. The van der Waals surface area contributed by atoms with Gasteiger partial charge < -0.3 is 5.73 Å². The van der Waals surface area contributed by atoms with Crippen LogP contribution in [0.4, 0.5) is 0 Å². The standard InChI is InChI=1S/C17H14Cl2N4OS/c18-12-6-7-13(14(19)8-12)16-21-22-17(25-10-15(20)24)23(16)9-11-4-2-1-3-5-11/h1-8H,9-10H2,(H2,20,24). The molecule has 0 atom stereocenters.